The van der Waals surface area contributed by atoms with Crippen LogP contribution in [0.4, 0.5) is 32.1 Å². The number of nitrogens with zero attached hydrogens (tertiary/aromatic N) is 14. The minimum absolute atomic E-state index is 0. The third-order valence-electron chi connectivity index (χ3n) is 20.6. The summed E-state index contributed by atoms with van der Waals surface area (Å²) >= 11 is 24.5. The summed E-state index contributed by atoms with van der Waals surface area (Å²) in [6.07, 6.45) is 12.3. The smallest absolute Gasteiger partial charge is 0.331 e. The van der Waals surface area contributed by atoms with Crippen LogP contribution in [0.5, 0.6) is 0 Å². The van der Waals surface area contributed by atoms with Gasteiger partial charge in [-0.2, -0.15) is 15.7 Å². The first-order valence-electron chi connectivity index (χ1n) is 42.1. The van der Waals surface area contributed by atoms with Gasteiger partial charge >= 0.3 is 7.60 Å². The number of nitriles is 2. The van der Waals surface area contributed by atoms with E-state index in [1.165, 1.54) is 74.8 Å². The molecular weight excluding hydrogens is 1830 g/mol. The van der Waals surface area contributed by atoms with E-state index in [1.807, 2.05) is 39.0 Å². The second-order valence-corrected chi connectivity index (χ2v) is 41.1. The summed E-state index contributed by atoms with van der Waals surface area (Å²) in [6, 6.07) is 30.3. The van der Waals surface area contributed by atoms with Crippen LogP contribution >= 0.6 is 74.9 Å². The lowest BCUT2D eigenvalue weighted by Gasteiger charge is -2.36. The maximum atomic E-state index is 14.6. The van der Waals surface area contributed by atoms with E-state index in [1.54, 1.807) is 120 Å². The number of benzene rings is 4. The maximum absolute atomic E-state index is 14.6. The van der Waals surface area contributed by atoms with Gasteiger partial charge in [0, 0.05) is 51.5 Å². The van der Waals surface area contributed by atoms with Crippen molar-refractivity contribution in [2.24, 2.45) is 5.41 Å². The monoisotopic (exact) mass is 1940 g/mol. The number of tetrazole rings is 1. The zero-order valence-electron chi connectivity index (χ0n) is 75.7. The van der Waals surface area contributed by atoms with Crippen LogP contribution in [0.2, 0.25) is 20.1 Å². The van der Waals surface area contributed by atoms with E-state index in [9.17, 15) is 57.7 Å². The number of ether oxygens (including phenoxy) is 1. The van der Waals surface area contributed by atoms with E-state index in [-0.39, 0.29) is 97.4 Å². The van der Waals surface area contributed by atoms with Crippen LogP contribution in [0.25, 0.3) is 0 Å². The molecule has 5 aliphatic rings. The molecule has 6 N–H and O–H groups in total. The van der Waals surface area contributed by atoms with Gasteiger partial charge in [-0.3, -0.25) is 52.4 Å². The number of imidazole rings is 2. The summed E-state index contributed by atoms with van der Waals surface area (Å²) in [5.74, 6) is -5.55. The number of aromatic amines is 1. The first-order valence-corrected chi connectivity index (χ1v) is 46.5. The molecule has 702 valence electrons. The lowest BCUT2D eigenvalue weighted by atomic mass is 9.91. The Hall–Kier alpha value is -9.84. The van der Waals surface area contributed by atoms with Gasteiger partial charge in [-0.15, -0.1) is 22.6 Å². The first kappa shape index (κ1) is 105. The van der Waals surface area contributed by atoms with Crippen molar-refractivity contribution in [3.63, 3.8) is 0 Å². The number of fused-ring (bicyclic) bond motifs is 2. The molecule has 1 unspecified atom stereocenters. The van der Waals surface area contributed by atoms with Crippen LogP contribution in [0.15, 0.2) is 140 Å². The number of carbonyl (C=O) groups is 6. The fraction of sp³-hybridized carbons (Fsp3) is 0.456. The number of halogens is 7. The zero-order chi connectivity index (χ0) is 95.3. The normalized spacial score (nSPS) is 17.7. The van der Waals surface area contributed by atoms with E-state index in [4.69, 9.17) is 69.2 Å². The molecule has 0 spiro atoms. The predicted molar refractivity (Wildman–Crippen MR) is 496 cm³/mol. The third-order valence-corrected chi connectivity index (χ3v) is 26.9. The molecule has 0 radical (unpaired) electrons. The first-order chi connectivity index (χ1) is 61.2. The van der Waals surface area contributed by atoms with Crippen LogP contribution in [0, 0.1) is 39.7 Å². The standard InChI is InChI=1S/C41H45Cl2FN7O6P.C32H26Cl2FN7O4.C12H28NO2P.C4H8O.CH2N4.ClH/c1-38(2,3)24-58(55,57-39(4,5)6)56-23-30(34(52)49-41(15-16-41)32-10-8-9-17-46-32)48-35(53)31-22-47-37-50(27-18-28(42)33(44)29(43)19-27)36(54)40(7,51(31)37)20-25-11-13-26(21-45)14-12-25;1-31(14-18-5-7-19(15-36)8-6-18)29(46)41(20-12-21(33)26(35)22(34)13-20)30-38-16-24(42(30)31)28(45)39-23(17-43)27(44)40-32(9-10-32)25-4-2-3-11-37-25;1-9-13(10-2)16(14-11(3,4)5)15-12(6,7)8;2*1-2-4-5-3-1;/h8-14,17-19,22,30H,15-16,20,23-24H2,1-7H3,(H,48,53)(H,49,52);2-8,11-13,16,23,43H,9-10,14,17H2,1H3,(H,39,45)(H,40,44);9-10H2,1-8H3;1-4H2;1H,(H,2,3,4,5);1H/t30-,40+,58?;23-,31+;;;;/m00..../s1. The molecule has 0 bridgehead atoms. The van der Waals surface area contributed by atoms with Gasteiger partial charge in [-0.05, 0) is 204 Å². The molecule has 5 atom stereocenters. The van der Waals surface area contributed by atoms with Crippen LogP contribution in [0.3, 0.4) is 0 Å². The van der Waals surface area contributed by atoms with Crippen molar-refractivity contribution < 1.29 is 70.1 Å². The number of amides is 6. The quantitative estimate of drug-likeness (QED) is 0.0206. The highest BCUT2D eigenvalue weighted by molar-refractivity contribution is 7.54. The highest BCUT2D eigenvalue weighted by Crippen LogP contribution is 2.56. The van der Waals surface area contributed by atoms with Crippen LogP contribution in [0.1, 0.15) is 204 Å². The number of H-pyrrole nitrogens is 1. The van der Waals surface area contributed by atoms with Crippen molar-refractivity contribution in [2.45, 2.75) is 213 Å². The van der Waals surface area contributed by atoms with Crippen molar-refractivity contribution in [3.8, 4) is 12.1 Å². The zero-order valence-corrected chi connectivity index (χ0v) is 81.3. The van der Waals surface area contributed by atoms with Crippen molar-refractivity contribution in [1.29, 1.82) is 10.5 Å². The topological polar surface area (TPSA) is 407 Å². The third kappa shape index (κ3) is 26.8. The molecule has 32 nitrogen and oxygen atoms in total. The number of hydrogen-bond acceptors (Lipinski definition) is 23. The highest BCUT2D eigenvalue weighted by atomic mass is 35.5. The molecule has 2 saturated carbocycles. The Morgan fingerprint density at radius 1 is 0.626 bits per heavy atom. The van der Waals surface area contributed by atoms with E-state index in [2.05, 4.69) is 128 Å². The molecule has 9 aromatic rings. The summed E-state index contributed by atoms with van der Waals surface area (Å²) in [4.78, 5) is 105. The Bertz CT molecular complexity index is 5520. The van der Waals surface area contributed by atoms with Gasteiger partial charge in [0.1, 0.15) is 34.5 Å². The second-order valence-electron chi connectivity index (χ2n) is 36.1. The van der Waals surface area contributed by atoms with Gasteiger partial charge in [0.05, 0.1) is 126 Å². The molecule has 1 saturated heterocycles. The predicted octanol–water partition coefficient (Wildman–Crippen LogP) is 16.9. The Balaban J connectivity index is 0.000000233. The number of hydrogen-bond donors (Lipinski definition) is 6. The molecule has 3 aliphatic heterocycles. The molecule has 5 aromatic heterocycles. The molecule has 6 amide bonds. The van der Waals surface area contributed by atoms with Crippen molar-refractivity contribution in [3.05, 3.63) is 217 Å². The number of pyridine rings is 2. The number of carbonyl (C=O) groups excluding carboxylic acids is 6. The van der Waals surface area contributed by atoms with Crippen LogP contribution < -0.4 is 31.1 Å². The Morgan fingerprint density at radius 3 is 1.34 bits per heavy atom. The second kappa shape index (κ2) is 43.9. The highest BCUT2D eigenvalue weighted by Gasteiger charge is 2.55. The average Bonchev–Trinajstić information content (AvgIpc) is 1.55. The van der Waals surface area contributed by atoms with Crippen LogP contribution in [-0.4, -0.2) is 169 Å². The van der Waals surface area contributed by atoms with E-state index < -0.39 is 122 Å². The number of aliphatic hydroxyl groups excluding tert-OH is 1. The van der Waals surface area contributed by atoms with Gasteiger partial charge in [-0.25, -0.2) is 33.2 Å². The number of aliphatic hydroxyl groups is 1. The van der Waals surface area contributed by atoms with Crippen molar-refractivity contribution in [1.82, 2.24) is 75.6 Å². The summed E-state index contributed by atoms with van der Waals surface area (Å²) in [5.41, 5.74) is -2.60. The lowest BCUT2D eigenvalue weighted by molar-refractivity contribution is -0.125. The lowest BCUT2D eigenvalue weighted by Crippen LogP contribution is -2.52. The molecule has 4 aromatic carbocycles. The molecule has 2 aliphatic carbocycles. The van der Waals surface area contributed by atoms with Crippen molar-refractivity contribution >= 4 is 134 Å². The van der Waals surface area contributed by atoms with Crippen molar-refractivity contribution in [2.75, 3.05) is 55.5 Å². The summed E-state index contributed by atoms with van der Waals surface area (Å²) < 4.78 is 77.3. The Labute approximate surface area is 788 Å². The van der Waals surface area contributed by atoms with Crippen LogP contribution in [-0.2, 0) is 81.6 Å². The average molecular weight is 1940 g/mol. The summed E-state index contributed by atoms with van der Waals surface area (Å²) in [5, 5.41) is 50.9. The molecule has 41 heteroatoms. The van der Waals surface area contributed by atoms with E-state index in [0.717, 1.165) is 26.3 Å². The fourth-order valence-electron chi connectivity index (χ4n) is 14.4. The SMILES string of the molecule is C1CCOC1.CC(C)(C)CP(=O)(OC[C@H](NC(=O)c1cnc2n1[C@](C)(Cc1ccc(C#N)cc1)C(=O)N2c1cc(Cl)c(F)c(Cl)c1)C(=O)NC1(c2ccccn2)CC1)OC(C)(C)C.CCN(CC)P(OC(C)(C)C)OC(C)(C)C.C[C@@]1(Cc2ccc(C#N)cc2)C(=O)N(c2cc(Cl)c(F)c(Cl)c2)c2ncc(C(=O)N[C@@H](CO)C(=O)NC3(c4ccccn4)CC3)n21.Cl.c1nn[nH]n1. The molecular formula is C90H110Cl5F2N19O13P2. The molecule has 8 heterocycles. The summed E-state index contributed by atoms with van der Waals surface area (Å²) in [6.45, 7) is 33.5. The summed E-state index contributed by atoms with van der Waals surface area (Å²) in [7, 11) is -4.84. The number of anilines is 4. The largest absolute Gasteiger partial charge is 0.394 e. The number of nitrogens with one attached hydrogen (secondary N) is 5. The van der Waals surface area contributed by atoms with Gasteiger partial charge in [-0.1, -0.05) is 123 Å². The Kier molecular flexibility index (Phi) is 35.1. The Morgan fingerprint density at radius 2 is 1.03 bits per heavy atom. The van der Waals surface area contributed by atoms with Gasteiger partial charge in [0.25, 0.3) is 32.2 Å². The van der Waals surface area contributed by atoms with E-state index >= 15 is 0 Å². The number of aromatic nitrogens is 10. The number of rotatable bonds is 27. The molecule has 3 fully saturated rings. The van der Waals surface area contributed by atoms with Gasteiger partial charge in [0.2, 0.25) is 23.7 Å². The maximum Gasteiger partial charge on any atom is 0.331 e. The molecule has 131 heavy (non-hydrogen) atoms. The van der Waals surface area contributed by atoms with Gasteiger partial charge in [0.15, 0.2) is 18.0 Å². The fourth-order valence-corrected chi connectivity index (χ4v) is 19.6. The van der Waals surface area contributed by atoms with E-state index in [0.29, 0.717) is 59.3 Å². The van der Waals surface area contributed by atoms with Gasteiger partial charge < -0.3 is 49.2 Å². The minimum atomic E-state index is -3.88. The minimum Gasteiger partial charge on any atom is -0.394 e. The molecule has 14 rings (SSSR count).